The van der Waals surface area contributed by atoms with Crippen LogP contribution in [0.15, 0.2) is 40.2 Å². The lowest BCUT2D eigenvalue weighted by Crippen LogP contribution is -2.74. The van der Waals surface area contributed by atoms with Gasteiger partial charge < -0.3 is 14.9 Å². The minimum absolute atomic E-state index is 0.0494. The third-order valence-corrected chi connectivity index (χ3v) is 13.7. The molecule has 0 spiro atoms. The number of amides is 1. The number of hydrogen-bond acceptors (Lipinski definition) is 7. The number of aromatic nitrogens is 1. The molecule has 5 aliphatic rings. The molecule has 0 aliphatic heterocycles. The van der Waals surface area contributed by atoms with E-state index in [0.717, 1.165) is 37.7 Å². The Morgan fingerprint density at radius 3 is 2.42 bits per heavy atom. The van der Waals surface area contributed by atoms with Gasteiger partial charge in [-0.3, -0.25) is 14.4 Å². The number of fused-ring (bicyclic) bond motifs is 7. The summed E-state index contributed by atoms with van der Waals surface area (Å²) in [4.78, 5) is 40.6. The SMILES string of the molecule is CC1(C)C(=O)C(C#N)=C[C@]2(C)C3=CC(=O)[C@]4(O)[C@@H]5C[C@@](C)(CNC(=O)c6ccon6)CC[C@]5(C)CC[C@@]4(C)[C@]3(C)CC[C@@H]12. The van der Waals surface area contributed by atoms with Crippen LogP contribution in [0.2, 0.25) is 0 Å². The summed E-state index contributed by atoms with van der Waals surface area (Å²) in [6.07, 6.45) is 10.4. The molecule has 5 aliphatic carbocycles. The second kappa shape index (κ2) is 9.00. The third-order valence-electron chi connectivity index (χ3n) is 13.7. The topological polar surface area (TPSA) is 133 Å². The first-order chi connectivity index (χ1) is 19.9. The van der Waals surface area contributed by atoms with Gasteiger partial charge in [0, 0.05) is 34.8 Å². The summed E-state index contributed by atoms with van der Waals surface area (Å²) in [6, 6.07) is 3.68. The van der Waals surface area contributed by atoms with Gasteiger partial charge in [-0.05, 0) is 78.8 Å². The summed E-state index contributed by atoms with van der Waals surface area (Å²) in [5, 5.41) is 29.7. The van der Waals surface area contributed by atoms with Crippen molar-refractivity contribution < 1.29 is 24.0 Å². The van der Waals surface area contributed by atoms with E-state index in [1.54, 1.807) is 6.08 Å². The predicted octanol–water partition coefficient (Wildman–Crippen LogP) is 5.74. The molecule has 0 saturated heterocycles. The fourth-order valence-electron chi connectivity index (χ4n) is 10.7. The highest BCUT2D eigenvalue weighted by atomic mass is 16.5. The highest BCUT2D eigenvalue weighted by Gasteiger charge is 2.75. The summed E-state index contributed by atoms with van der Waals surface area (Å²) in [5.74, 6) is -1.02. The molecular formula is C35H45N3O5. The maximum absolute atomic E-state index is 14.6. The minimum atomic E-state index is -1.58. The smallest absolute Gasteiger partial charge is 0.273 e. The molecule has 230 valence electrons. The largest absolute Gasteiger partial charge is 0.381 e. The molecule has 6 rings (SSSR count). The maximum Gasteiger partial charge on any atom is 0.273 e. The van der Waals surface area contributed by atoms with Crippen LogP contribution in [0.1, 0.15) is 104 Å². The number of nitrogens with one attached hydrogen (secondary N) is 1. The zero-order valence-electron chi connectivity index (χ0n) is 26.6. The first-order valence-corrected chi connectivity index (χ1v) is 15.8. The molecule has 2 N–H and O–H groups in total. The fourth-order valence-corrected chi connectivity index (χ4v) is 10.7. The van der Waals surface area contributed by atoms with Crippen LogP contribution in [-0.2, 0) is 9.59 Å². The molecule has 0 aromatic carbocycles. The summed E-state index contributed by atoms with van der Waals surface area (Å²) in [7, 11) is 0. The van der Waals surface area contributed by atoms with E-state index in [9.17, 15) is 24.8 Å². The Bertz CT molecular complexity index is 1520. The van der Waals surface area contributed by atoms with Crippen molar-refractivity contribution in [2.24, 2.45) is 44.3 Å². The summed E-state index contributed by atoms with van der Waals surface area (Å²) in [5.41, 5.74) is -3.39. The van der Waals surface area contributed by atoms with Crippen molar-refractivity contribution in [3.8, 4) is 6.07 Å². The van der Waals surface area contributed by atoms with E-state index in [4.69, 9.17) is 4.52 Å². The summed E-state index contributed by atoms with van der Waals surface area (Å²) in [6.45, 7) is 15.1. The minimum Gasteiger partial charge on any atom is -0.381 e. The van der Waals surface area contributed by atoms with Crippen LogP contribution in [0.5, 0.6) is 0 Å². The van der Waals surface area contributed by atoms with E-state index in [1.165, 1.54) is 12.3 Å². The Labute approximate surface area is 254 Å². The van der Waals surface area contributed by atoms with Gasteiger partial charge in [0.2, 0.25) is 0 Å². The van der Waals surface area contributed by atoms with Crippen molar-refractivity contribution in [2.75, 3.05) is 6.54 Å². The van der Waals surface area contributed by atoms with Crippen molar-refractivity contribution in [3.05, 3.63) is 41.3 Å². The molecule has 0 radical (unpaired) electrons. The quantitative estimate of drug-likeness (QED) is 0.461. The fraction of sp³-hybridized carbons (Fsp3) is 0.686. The normalized spacial score (nSPS) is 44.9. The second-order valence-corrected chi connectivity index (χ2v) is 16.2. The Morgan fingerprint density at radius 2 is 1.77 bits per heavy atom. The number of nitriles is 1. The molecule has 0 unspecified atom stereocenters. The van der Waals surface area contributed by atoms with Crippen molar-refractivity contribution in [3.63, 3.8) is 0 Å². The number of rotatable bonds is 3. The van der Waals surface area contributed by atoms with Crippen LogP contribution in [0.3, 0.4) is 0 Å². The average Bonchev–Trinajstić information content (AvgIpc) is 3.50. The molecule has 1 amide bonds. The molecular weight excluding hydrogens is 542 g/mol. The van der Waals surface area contributed by atoms with Gasteiger partial charge in [0.15, 0.2) is 17.3 Å². The number of aliphatic hydroxyl groups is 1. The van der Waals surface area contributed by atoms with E-state index in [1.807, 2.05) is 19.9 Å². The lowest BCUT2D eigenvalue weighted by atomic mass is 9.33. The molecule has 3 saturated carbocycles. The number of hydrogen-bond donors (Lipinski definition) is 2. The second-order valence-electron chi connectivity index (χ2n) is 16.2. The van der Waals surface area contributed by atoms with Crippen LogP contribution in [-0.4, -0.2) is 39.9 Å². The van der Waals surface area contributed by atoms with Crippen LogP contribution in [0.25, 0.3) is 0 Å². The van der Waals surface area contributed by atoms with E-state index < -0.39 is 27.3 Å². The zero-order chi connectivity index (χ0) is 31.4. The highest BCUT2D eigenvalue weighted by molar-refractivity contribution is 6.05. The predicted molar refractivity (Wildman–Crippen MR) is 159 cm³/mol. The van der Waals surface area contributed by atoms with Crippen molar-refractivity contribution in [1.29, 1.82) is 5.26 Å². The van der Waals surface area contributed by atoms with Crippen LogP contribution < -0.4 is 5.32 Å². The summed E-state index contributed by atoms with van der Waals surface area (Å²) >= 11 is 0. The highest BCUT2D eigenvalue weighted by Crippen LogP contribution is 2.75. The number of carbonyl (C=O) groups excluding carboxylic acids is 3. The third kappa shape index (κ3) is 3.70. The Hall–Kier alpha value is -3.05. The number of carbonyl (C=O) groups is 3. The summed E-state index contributed by atoms with van der Waals surface area (Å²) < 4.78 is 4.83. The molecule has 0 bridgehead atoms. The average molecular weight is 588 g/mol. The lowest BCUT2D eigenvalue weighted by Gasteiger charge is -2.71. The van der Waals surface area contributed by atoms with Crippen molar-refractivity contribution in [2.45, 2.75) is 99.0 Å². The van der Waals surface area contributed by atoms with Gasteiger partial charge in [-0.25, -0.2) is 0 Å². The number of ketones is 2. The van der Waals surface area contributed by atoms with E-state index in [2.05, 4.69) is 51.2 Å². The lowest BCUT2D eigenvalue weighted by molar-refractivity contribution is -0.243. The number of allylic oxidation sites excluding steroid dienone is 3. The van der Waals surface area contributed by atoms with Gasteiger partial charge in [-0.15, -0.1) is 0 Å². The van der Waals surface area contributed by atoms with E-state index in [0.29, 0.717) is 19.4 Å². The van der Waals surface area contributed by atoms with Gasteiger partial charge in [-0.1, -0.05) is 59.7 Å². The first kappa shape index (κ1) is 30.0. The van der Waals surface area contributed by atoms with Gasteiger partial charge in [0.1, 0.15) is 17.9 Å². The Kier molecular flexibility index (Phi) is 6.28. The van der Waals surface area contributed by atoms with Gasteiger partial charge in [-0.2, -0.15) is 5.26 Å². The first-order valence-electron chi connectivity index (χ1n) is 15.8. The molecule has 43 heavy (non-hydrogen) atoms. The standard InChI is InChI=1S/C35H45N3O5/c1-29(2)23-8-10-33(6)24(32(23,5)17-21(19-36)27(29)40)16-26(39)35(42)25-18-30(3,20-37-28(41)22-9-15-43-38-22)11-12-31(25,4)13-14-34(33,35)7/h9,15-17,23,25,42H,8,10-14,18,20H2,1-7H3,(H,37,41)/t23-,25+,30-,31+,32-,33+,34-,35+/m0/s1. The van der Waals surface area contributed by atoms with Crippen LogP contribution >= 0.6 is 0 Å². The number of Topliss-reactive ketones (excluding diaryl/α,β-unsaturated/α-hetero) is 1. The van der Waals surface area contributed by atoms with Gasteiger partial charge in [0.05, 0.1) is 5.57 Å². The molecule has 1 heterocycles. The Morgan fingerprint density at radius 1 is 1.07 bits per heavy atom. The van der Waals surface area contributed by atoms with E-state index >= 15 is 0 Å². The van der Waals surface area contributed by atoms with Gasteiger partial charge in [0.25, 0.3) is 5.91 Å². The molecule has 1 aromatic heterocycles. The molecule has 8 atom stereocenters. The monoisotopic (exact) mass is 587 g/mol. The molecule has 1 aromatic rings. The van der Waals surface area contributed by atoms with Crippen LogP contribution in [0, 0.1) is 55.7 Å². The maximum atomic E-state index is 14.6. The van der Waals surface area contributed by atoms with Crippen molar-refractivity contribution in [1.82, 2.24) is 10.5 Å². The number of nitrogens with zero attached hydrogens (tertiary/aromatic N) is 2. The van der Waals surface area contributed by atoms with Crippen molar-refractivity contribution >= 4 is 17.5 Å². The Balaban J connectivity index is 1.41. The van der Waals surface area contributed by atoms with Gasteiger partial charge >= 0.3 is 0 Å². The van der Waals surface area contributed by atoms with Crippen LogP contribution in [0.4, 0.5) is 0 Å². The molecule has 3 fully saturated rings. The molecule has 8 heteroatoms. The van der Waals surface area contributed by atoms with E-state index in [-0.39, 0.29) is 51.4 Å². The molecule has 8 nitrogen and oxygen atoms in total. The zero-order valence-corrected chi connectivity index (χ0v) is 26.6.